The number of aliphatic hydroxyl groups is 2. The van der Waals surface area contributed by atoms with Crippen LogP contribution in [-0.4, -0.2) is 34.9 Å². The minimum absolute atomic E-state index is 0.0652. The molecule has 0 rings (SSSR count). The van der Waals surface area contributed by atoms with E-state index < -0.39 is 12.1 Å². The molecular formula is C72H139NO3. The Morgan fingerprint density at radius 3 is 0.763 bits per heavy atom. The van der Waals surface area contributed by atoms with Crippen molar-refractivity contribution in [2.75, 3.05) is 6.61 Å². The summed E-state index contributed by atoms with van der Waals surface area (Å²) in [5, 5.41) is 23.3. The zero-order chi connectivity index (χ0) is 54.8. The number of rotatable bonds is 66. The van der Waals surface area contributed by atoms with E-state index in [1.165, 1.54) is 347 Å². The van der Waals surface area contributed by atoms with Crippen molar-refractivity contribution in [1.82, 2.24) is 5.32 Å². The van der Waals surface area contributed by atoms with Gasteiger partial charge in [0.2, 0.25) is 5.91 Å². The Labute approximate surface area is 478 Å². The van der Waals surface area contributed by atoms with E-state index in [1.807, 2.05) is 6.08 Å². The maximum Gasteiger partial charge on any atom is 0.220 e. The minimum atomic E-state index is -0.862. The topological polar surface area (TPSA) is 69.6 Å². The summed E-state index contributed by atoms with van der Waals surface area (Å²) in [6, 6.07) is -0.639. The number of unbranched alkanes of at least 4 members (excludes halogenated alkanes) is 55. The molecule has 0 radical (unpaired) electrons. The first-order valence-corrected chi connectivity index (χ1v) is 35.2. The summed E-state index contributed by atoms with van der Waals surface area (Å²) in [4.78, 5) is 12.5. The van der Waals surface area contributed by atoms with Crippen molar-refractivity contribution in [2.45, 2.75) is 411 Å². The third-order valence-electron chi connectivity index (χ3n) is 16.6. The lowest BCUT2D eigenvalue weighted by Crippen LogP contribution is -2.45. The van der Waals surface area contributed by atoms with Gasteiger partial charge in [0.05, 0.1) is 18.8 Å². The minimum Gasteiger partial charge on any atom is -0.394 e. The van der Waals surface area contributed by atoms with Crippen LogP contribution in [0.3, 0.4) is 0 Å². The van der Waals surface area contributed by atoms with E-state index in [0.717, 1.165) is 32.1 Å². The standard InChI is InChI=1S/C72H139NO3/c1-3-5-7-9-11-13-15-17-19-21-23-25-27-29-31-33-34-35-36-37-38-40-42-44-46-48-50-52-54-56-58-60-62-64-66-68-72(76)73-70(69-74)71(75)67-65-63-61-59-57-55-53-51-49-47-45-43-41-39-32-30-28-26-24-22-20-18-16-14-12-10-8-6-4-2/h21,23,57,59,65,67,70-71,74-75H,3-20,22,24-56,58,60-64,66,68-69H2,1-2H3,(H,73,76)/b23-21-,59-57+,67-65+. The summed E-state index contributed by atoms with van der Waals surface area (Å²) in [7, 11) is 0. The van der Waals surface area contributed by atoms with Crippen LogP contribution in [0, 0.1) is 0 Å². The summed E-state index contributed by atoms with van der Waals surface area (Å²) in [6.45, 7) is 4.35. The summed E-state index contributed by atoms with van der Waals surface area (Å²) in [5.74, 6) is -0.0652. The van der Waals surface area contributed by atoms with Crippen molar-refractivity contribution in [2.24, 2.45) is 0 Å². The normalized spacial score (nSPS) is 12.8. The van der Waals surface area contributed by atoms with Gasteiger partial charge in [0.25, 0.3) is 0 Å². The van der Waals surface area contributed by atoms with Gasteiger partial charge in [-0.25, -0.2) is 0 Å². The molecule has 2 atom stereocenters. The van der Waals surface area contributed by atoms with E-state index in [-0.39, 0.29) is 12.5 Å². The zero-order valence-electron chi connectivity index (χ0n) is 52.1. The molecule has 0 aromatic carbocycles. The average Bonchev–Trinajstić information content (AvgIpc) is 3.42. The predicted molar refractivity (Wildman–Crippen MR) is 341 cm³/mol. The number of carbonyl (C=O) groups excluding carboxylic acids is 1. The Balaban J connectivity index is 3.43. The summed E-state index contributed by atoms with van der Waals surface area (Å²) in [6.07, 6.45) is 93.9. The van der Waals surface area contributed by atoms with E-state index >= 15 is 0 Å². The molecule has 0 aliphatic heterocycles. The van der Waals surface area contributed by atoms with Gasteiger partial charge in [-0.05, 0) is 57.8 Å². The number of allylic oxidation sites excluding steroid dienone is 5. The Kier molecular flexibility index (Phi) is 66.6. The molecule has 0 aliphatic carbocycles. The highest BCUT2D eigenvalue weighted by molar-refractivity contribution is 5.76. The largest absolute Gasteiger partial charge is 0.394 e. The Hall–Kier alpha value is -1.39. The van der Waals surface area contributed by atoms with Crippen molar-refractivity contribution in [3.05, 3.63) is 36.5 Å². The first kappa shape index (κ1) is 74.6. The van der Waals surface area contributed by atoms with E-state index in [9.17, 15) is 15.0 Å². The molecule has 0 fully saturated rings. The van der Waals surface area contributed by atoms with Crippen LogP contribution in [0.4, 0.5) is 0 Å². The number of carbonyl (C=O) groups is 1. The Morgan fingerprint density at radius 2 is 0.513 bits per heavy atom. The summed E-state index contributed by atoms with van der Waals surface area (Å²) >= 11 is 0. The molecule has 450 valence electrons. The number of nitrogens with one attached hydrogen (secondary N) is 1. The molecule has 0 aromatic heterocycles. The molecule has 76 heavy (non-hydrogen) atoms. The monoisotopic (exact) mass is 1070 g/mol. The van der Waals surface area contributed by atoms with Crippen LogP contribution in [0.15, 0.2) is 36.5 Å². The molecule has 2 unspecified atom stereocenters. The first-order valence-electron chi connectivity index (χ1n) is 35.2. The third-order valence-corrected chi connectivity index (χ3v) is 16.6. The van der Waals surface area contributed by atoms with Crippen molar-refractivity contribution in [1.29, 1.82) is 0 Å². The second-order valence-corrected chi connectivity index (χ2v) is 24.3. The number of amides is 1. The molecule has 4 heteroatoms. The lowest BCUT2D eigenvalue weighted by atomic mass is 10.0. The van der Waals surface area contributed by atoms with Crippen molar-refractivity contribution in [3.63, 3.8) is 0 Å². The van der Waals surface area contributed by atoms with Gasteiger partial charge in [-0.3, -0.25) is 4.79 Å². The number of aliphatic hydroxyl groups excluding tert-OH is 2. The van der Waals surface area contributed by atoms with Gasteiger partial charge in [0, 0.05) is 6.42 Å². The van der Waals surface area contributed by atoms with Gasteiger partial charge in [-0.2, -0.15) is 0 Å². The molecule has 0 saturated heterocycles. The smallest absolute Gasteiger partial charge is 0.220 e. The SMILES string of the molecule is CCCCCCCCCC/C=C\CCCCCCCCCCCCCCCCCCCCCCCCCC(=O)NC(CO)C(O)/C=C/CC/C=C/CCCCCCCCCCCCCCCCCCCCCCCCC. The van der Waals surface area contributed by atoms with Crippen molar-refractivity contribution in [3.8, 4) is 0 Å². The Morgan fingerprint density at radius 1 is 0.303 bits per heavy atom. The Bertz CT molecular complexity index is 1160. The highest BCUT2D eigenvalue weighted by atomic mass is 16.3. The van der Waals surface area contributed by atoms with Gasteiger partial charge in [0.15, 0.2) is 0 Å². The lowest BCUT2D eigenvalue weighted by molar-refractivity contribution is -0.123. The van der Waals surface area contributed by atoms with Crippen LogP contribution in [0.1, 0.15) is 399 Å². The quantitative estimate of drug-likeness (QED) is 0.0420. The summed E-state index contributed by atoms with van der Waals surface area (Å²) < 4.78 is 0. The van der Waals surface area contributed by atoms with E-state index in [1.54, 1.807) is 6.08 Å². The van der Waals surface area contributed by atoms with Gasteiger partial charge >= 0.3 is 0 Å². The van der Waals surface area contributed by atoms with Crippen LogP contribution in [0.5, 0.6) is 0 Å². The second-order valence-electron chi connectivity index (χ2n) is 24.3. The van der Waals surface area contributed by atoms with E-state index in [0.29, 0.717) is 6.42 Å². The van der Waals surface area contributed by atoms with Crippen molar-refractivity contribution >= 4 is 5.91 Å². The van der Waals surface area contributed by atoms with Crippen LogP contribution in [-0.2, 0) is 4.79 Å². The van der Waals surface area contributed by atoms with Gasteiger partial charge < -0.3 is 15.5 Å². The van der Waals surface area contributed by atoms with Crippen LogP contribution in [0.25, 0.3) is 0 Å². The molecule has 4 nitrogen and oxygen atoms in total. The third kappa shape index (κ3) is 63.4. The maximum atomic E-state index is 12.5. The molecule has 0 spiro atoms. The van der Waals surface area contributed by atoms with Gasteiger partial charge in [0.1, 0.15) is 0 Å². The summed E-state index contributed by atoms with van der Waals surface area (Å²) in [5.41, 5.74) is 0. The van der Waals surface area contributed by atoms with Gasteiger partial charge in [-0.1, -0.05) is 371 Å². The average molecular weight is 1070 g/mol. The number of hydrogen-bond acceptors (Lipinski definition) is 3. The highest BCUT2D eigenvalue weighted by Gasteiger charge is 2.18. The van der Waals surface area contributed by atoms with E-state index in [4.69, 9.17) is 0 Å². The molecule has 0 bridgehead atoms. The fraction of sp³-hybridized carbons (Fsp3) is 0.903. The molecule has 1 amide bonds. The predicted octanol–water partition coefficient (Wildman–Crippen LogP) is 23.9. The lowest BCUT2D eigenvalue weighted by Gasteiger charge is -2.19. The van der Waals surface area contributed by atoms with Crippen LogP contribution < -0.4 is 5.32 Å². The van der Waals surface area contributed by atoms with Crippen LogP contribution >= 0.6 is 0 Å². The second kappa shape index (κ2) is 67.9. The fourth-order valence-electron chi connectivity index (χ4n) is 11.3. The molecule has 0 aliphatic rings. The molecular weight excluding hydrogens is 927 g/mol. The van der Waals surface area contributed by atoms with E-state index in [2.05, 4.69) is 43.5 Å². The first-order chi connectivity index (χ1) is 37.7. The number of hydrogen-bond donors (Lipinski definition) is 3. The molecule has 3 N–H and O–H groups in total. The highest BCUT2D eigenvalue weighted by Crippen LogP contribution is 2.19. The zero-order valence-corrected chi connectivity index (χ0v) is 52.1. The van der Waals surface area contributed by atoms with Crippen molar-refractivity contribution < 1.29 is 15.0 Å². The molecule has 0 saturated carbocycles. The molecule has 0 aromatic rings. The maximum absolute atomic E-state index is 12.5. The van der Waals surface area contributed by atoms with Crippen LogP contribution in [0.2, 0.25) is 0 Å². The molecule has 0 heterocycles. The van der Waals surface area contributed by atoms with Gasteiger partial charge in [-0.15, -0.1) is 0 Å². The fourth-order valence-corrected chi connectivity index (χ4v) is 11.3.